The van der Waals surface area contributed by atoms with Crippen LogP contribution in [0.3, 0.4) is 0 Å². The summed E-state index contributed by atoms with van der Waals surface area (Å²) in [6.45, 7) is 20.5. The number of esters is 1. The second-order valence-electron chi connectivity index (χ2n) is 15.2. The Labute approximate surface area is 227 Å². The summed E-state index contributed by atoms with van der Waals surface area (Å²) < 4.78 is 11.4. The zero-order chi connectivity index (χ0) is 27.6. The van der Waals surface area contributed by atoms with E-state index in [1.165, 1.54) is 38.5 Å². The van der Waals surface area contributed by atoms with Gasteiger partial charge in [0, 0.05) is 19.4 Å². The maximum atomic E-state index is 11.9. The van der Waals surface area contributed by atoms with Gasteiger partial charge in [0.25, 0.3) is 0 Å². The zero-order valence-corrected chi connectivity index (χ0v) is 25.6. The molecule has 4 aliphatic carbocycles. The molecule has 37 heavy (non-hydrogen) atoms. The smallest absolute Gasteiger partial charge is 0.302 e. The van der Waals surface area contributed by atoms with Crippen molar-refractivity contribution < 1.29 is 19.4 Å². The molecule has 0 aromatic rings. The van der Waals surface area contributed by atoms with Crippen LogP contribution < -0.4 is 0 Å². The Bertz CT molecular complexity index is 917. The first-order valence-corrected chi connectivity index (χ1v) is 15.2. The first kappa shape index (κ1) is 29.1. The molecule has 0 aromatic heterocycles. The molecule has 0 amide bonds. The molecule has 0 bridgehead atoms. The highest BCUT2D eigenvalue weighted by Crippen LogP contribution is 2.72. The van der Waals surface area contributed by atoms with Crippen LogP contribution in [0, 0.1) is 39.4 Å². The van der Waals surface area contributed by atoms with Crippen molar-refractivity contribution in [2.75, 3.05) is 7.11 Å². The molecule has 2 saturated carbocycles. The van der Waals surface area contributed by atoms with Crippen molar-refractivity contribution in [2.45, 2.75) is 144 Å². The lowest BCUT2D eigenvalue weighted by molar-refractivity contribution is -0.167. The van der Waals surface area contributed by atoms with Crippen molar-refractivity contribution >= 4 is 5.97 Å². The molecule has 0 heterocycles. The second-order valence-corrected chi connectivity index (χ2v) is 15.2. The van der Waals surface area contributed by atoms with Crippen LogP contribution in [0.25, 0.3) is 0 Å². The molecular weight excluding hydrogens is 460 g/mol. The van der Waals surface area contributed by atoms with Gasteiger partial charge in [-0.2, -0.15) is 0 Å². The minimum absolute atomic E-state index is 0.00238. The lowest BCUT2D eigenvalue weighted by Crippen LogP contribution is -2.55. The van der Waals surface area contributed by atoms with E-state index in [0.29, 0.717) is 23.2 Å². The minimum atomic E-state index is -0.491. The quantitative estimate of drug-likeness (QED) is 0.276. The van der Waals surface area contributed by atoms with Gasteiger partial charge in [-0.25, -0.2) is 0 Å². The summed E-state index contributed by atoms with van der Waals surface area (Å²) in [7, 11) is 1.70. The molecule has 1 N–H and O–H groups in total. The largest absolute Gasteiger partial charge is 0.462 e. The topological polar surface area (TPSA) is 55.8 Å². The van der Waals surface area contributed by atoms with Gasteiger partial charge >= 0.3 is 5.97 Å². The summed E-state index contributed by atoms with van der Waals surface area (Å²) in [5.74, 6) is 1.72. The molecule has 8 atom stereocenters. The molecule has 0 aromatic carbocycles. The average Bonchev–Trinajstić information content (AvgIpc) is 3.10. The van der Waals surface area contributed by atoms with Crippen LogP contribution in [-0.4, -0.2) is 36.0 Å². The third-order valence-electron chi connectivity index (χ3n) is 13.0. The van der Waals surface area contributed by atoms with Gasteiger partial charge in [-0.1, -0.05) is 52.7 Å². The number of carbonyl (C=O) groups is 1. The molecule has 0 saturated heterocycles. The minimum Gasteiger partial charge on any atom is -0.462 e. The van der Waals surface area contributed by atoms with E-state index in [-0.39, 0.29) is 28.3 Å². The number of hydrogen-bond donors (Lipinski definition) is 1. The van der Waals surface area contributed by atoms with Crippen molar-refractivity contribution in [3.63, 3.8) is 0 Å². The highest BCUT2D eigenvalue weighted by molar-refractivity contribution is 5.66. The Kier molecular flexibility index (Phi) is 7.59. The normalized spacial score (nSPS) is 40.9. The van der Waals surface area contributed by atoms with Crippen molar-refractivity contribution in [3.05, 3.63) is 11.1 Å². The van der Waals surface area contributed by atoms with Crippen LogP contribution in [0.5, 0.6) is 0 Å². The second kappa shape index (κ2) is 9.65. The number of aliphatic hydroxyl groups excluding tert-OH is 1. The molecule has 0 spiro atoms. The molecule has 212 valence electrons. The van der Waals surface area contributed by atoms with Gasteiger partial charge in [0.2, 0.25) is 0 Å². The first-order chi connectivity index (χ1) is 17.0. The highest BCUT2D eigenvalue weighted by Gasteiger charge is 2.63. The van der Waals surface area contributed by atoms with E-state index in [2.05, 4.69) is 41.5 Å². The molecule has 8 unspecified atom stereocenters. The van der Waals surface area contributed by atoms with Gasteiger partial charge in [0.1, 0.15) is 6.10 Å². The third-order valence-corrected chi connectivity index (χ3v) is 13.0. The van der Waals surface area contributed by atoms with Crippen LogP contribution in [-0.2, 0) is 14.3 Å². The predicted molar refractivity (Wildman–Crippen MR) is 150 cm³/mol. The van der Waals surface area contributed by atoms with E-state index in [4.69, 9.17) is 9.47 Å². The summed E-state index contributed by atoms with van der Waals surface area (Å²) in [6, 6.07) is 0. The summed E-state index contributed by atoms with van der Waals surface area (Å²) in [4.78, 5) is 11.9. The Morgan fingerprint density at radius 1 is 1.00 bits per heavy atom. The number of rotatable bonds is 7. The number of methoxy groups -OCH3 is 1. The average molecular weight is 517 g/mol. The molecular formula is C33H56O4. The van der Waals surface area contributed by atoms with E-state index < -0.39 is 11.7 Å². The van der Waals surface area contributed by atoms with Gasteiger partial charge in [-0.3, -0.25) is 4.79 Å². The molecule has 4 nitrogen and oxygen atoms in total. The SMILES string of the molecule is COC(C)(C)C(O)CCC(C)C1CCC2(C)C3=C(CCC12C)C1(C)CCC(OC(C)=O)C(C)(C)C1CC3. The van der Waals surface area contributed by atoms with Crippen LogP contribution in [0.4, 0.5) is 0 Å². The molecule has 0 aliphatic heterocycles. The highest BCUT2D eigenvalue weighted by atomic mass is 16.5. The van der Waals surface area contributed by atoms with E-state index in [1.807, 2.05) is 13.8 Å². The summed E-state index contributed by atoms with van der Waals surface area (Å²) in [5, 5.41) is 10.8. The maximum absolute atomic E-state index is 11.9. The Hall–Kier alpha value is -0.870. The lowest BCUT2D eigenvalue weighted by Gasteiger charge is -2.62. The van der Waals surface area contributed by atoms with Gasteiger partial charge in [-0.15, -0.1) is 0 Å². The van der Waals surface area contributed by atoms with Crippen LogP contribution in [0.15, 0.2) is 11.1 Å². The number of ether oxygens (including phenoxy) is 2. The fraction of sp³-hybridized carbons (Fsp3) is 0.909. The maximum Gasteiger partial charge on any atom is 0.302 e. The lowest BCUT2D eigenvalue weighted by atomic mass is 9.43. The monoisotopic (exact) mass is 516 g/mol. The summed E-state index contributed by atoms with van der Waals surface area (Å²) in [5.41, 5.74) is 3.91. The van der Waals surface area contributed by atoms with Gasteiger partial charge in [0.05, 0.1) is 11.7 Å². The molecule has 4 rings (SSSR count). The van der Waals surface area contributed by atoms with Crippen molar-refractivity contribution in [1.82, 2.24) is 0 Å². The molecule has 4 aliphatic rings. The molecule has 4 heteroatoms. The Balaban J connectivity index is 1.58. The predicted octanol–water partition coefficient (Wildman–Crippen LogP) is 7.87. The summed E-state index contributed by atoms with van der Waals surface area (Å²) in [6.07, 6.45) is 11.1. The number of aliphatic hydroxyl groups is 1. The van der Waals surface area contributed by atoms with E-state index in [1.54, 1.807) is 25.2 Å². The number of carbonyl (C=O) groups excluding carboxylic acids is 1. The molecule has 0 radical (unpaired) electrons. The van der Waals surface area contributed by atoms with E-state index in [0.717, 1.165) is 25.7 Å². The van der Waals surface area contributed by atoms with Crippen molar-refractivity contribution in [3.8, 4) is 0 Å². The van der Waals surface area contributed by atoms with Crippen LogP contribution in [0.2, 0.25) is 0 Å². The summed E-state index contributed by atoms with van der Waals surface area (Å²) >= 11 is 0. The zero-order valence-electron chi connectivity index (χ0n) is 25.6. The first-order valence-electron chi connectivity index (χ1n) is 15.2. The standard InChI is InChI=1S/C33H56O4/c1-21(11-14-27(35)30(5,6)36-10)23-15-19-33(9)25-12-13-26-29(3,4)28(37-22(2)34)17-18-31(26,7)24(25)16-20-32(23,33)8/h21,23,26-28,35H,11-20H2,1-10H3. The van der Waals surface area contributed by atoms with E-state index in [9.17, 15) is 9.90 Å². The van der Waals surface area contributed by atoms with Gasteiger partial charge in [-0.05, 0) is 112 Å². The van der Waals surface area contributed by atoms with E-state index >= 15 is 0 Å². The number of fused-ring (bicyclic) bond motifs is 4. The number of hydrogen-bond acceptors (Lipinski definition) is 4. The Morgan fingerprint density at radius 2 is 1.68 bits per heavy atom. The number of allylic oxidation sites excluding steroid dienone is 2. The van der Waals surface area contributed by atoms with Crippen LogP contribution in [0.1, 0.15) is 127 Å². The molecule has 2 fully saturated rings. The van der Waals surface area contributed by atoms with Gasteiger partial charge < -0.3 is 14.6 Å². The fourth-order valence-corrected chi connectivity index (χ4v) is 10.1. The third kappa shape index (κ3) is 4.45. The Morgan fingerprint density at radius 3 is 2.30 bits per heavy atom. The van der Waals surface area contributed by atoms with Crippen LogP contribution >= 0.6 is 0 Å². The van der Waals surface area contributed by atoms with Crippen molar-refractivity contribution in [2.24, 2.45) is 39.4 Å². The van der Waals surface area contributed by atoms with Crippen molar-refractivity contribution in [1.29, 1.82) is 0 Å². The van der Waals surface area contributed by atoms with Gasteiger partial charge in [0.15, 0.2) is 0 Å². The fourth-order valence-electron chi connectivity index (χ4n) is 10.1.